The molecule has 3 rings (SSSR count). The van der Waals surface area contributed by atoms with E-state index in [1.807, 2.05) is 38.1 Å². The number of hydrogen-bond acceptors (Lipinski definition) is 3. The van der Waals surface area contributed by atoms with Crippen molar-refractivity contribution in [2.75, 3.05) is 5.32 Å². The van der Waals surface area contributed by atoms with Crippen LogP contribution < -0.4 is 5.32 Å². The number of aromatic nitrogens is 1. The van der Waals surface area contributed by atoms with E-state index in [1.165, 1.54) is 6.07 Å². The van der Waals surface area contributed by atoms with Crippen molar-refractivity contribution >= 4 is 16.8 Å². The first kappa shape index (κ1) is 13.6. The number of halogens is 1. The van der Waals surface area contributed by atoms with Crippen LogP contribution in [0.15, 0.2) is 46.9 Å². The highest BCUT2D eigenvalue weighted by Gasteiger charge is 2.09. The van der Waals surface area contributed by atoms with Crippen molar-refractivity contribution in [2.24, 2.45) is 0 Å². The zero-order valence-corrected chi connectivity index (χ0v) is 12.1. The van der Waals surface area contributed by atoms with Gasteiger partial charge in [-0.1, -0.05) is 32.0 Å². The number of benzene rings is 2. The van der Waals surface area contributed by atoms with Gasteiger partial charge in [-0.05, 0) is 24.3 Å². The Morgan fingerprint density at radius 3 is 2.76 bits per heavy atom. The highest BCUT2D eigenvalue weighted by molar-refractivity contribution is 5.77. The Hall–Kier alpha value is -2.36. The maximum Gasteiger partial charge on any atom is 0.198 e. The van der Waals surface area contributed by atoms with Crippen LogP contribution in [0.3, 0.4) is 0 Å². The number of fused-ring (bicyclic) bond motifs is 1. The number of anilines is 1. The van der Waals surface area contributed by atoms with E-state index in [0.29, 0.717) is 12.1 Å². The minimum atomic E-state index is -0.199. The predicted molar refractivity (Wildman–Crippen MR) is 81.8 cm³/mol. The molecule has 108 valence electrons. The Morgan fingerprint density at radius 2 is 2.00 bits per heavy atom. The molecule has 0 aliphatic rings. The van der Waals surface area contributed by atoms with Gasteiger partial charge in [0.1, 0.15) is 11.3 Å². The Bertz CT molecular complexity index is 764. The number of oxazole rings is 1. The van der Waals surface area contributed by atoms with Gasteiger partial charge in [0.25, 0.3) is 0 Å². The average molecular weight is 284 g/mol. The van der Waals surface area contributed by atoms with Gasteiger partial charge in [-0.15, -0.1) is 0 Å². The molecular weight excluding hydrogens is 267 g/mol. The lowest BCUT2D eigenvalue weighted by Gasteiger charge is -2.06. The number of nitrogens with one attached hydrogen (secondary N) is 1. The highest BCUT2D eigenvalue weighted by atomic mass is 19.1. The molecule has 0 atom stereocenters. The van der Waals surface area contributed by atoms with Gasteiger partial charge in [-0.25, -0.2) is 9.37 Å². The minimum absolute atomic E-state index is 0.199. The van der Waals surface area contributed by atoms with Crippen LogP contribution in [0.2, 0.25) is 0 Å². The molecule has 0 unspecified atom stereocenters. The molecule has 1 heterocycles. The molecule has 21 heavy (non-hydrogen) atoms. The van der Waals surface area contributed by atoms with Gasteiger partial charge in [0, 0.05) is 23.7 Å². The van der Waals surface area contributed by atoms with Crippen LogP contribution in [0.25, 0.3) is 11.1 Å². The van der Waals surface area contributed by atoms with Gasteiger partial charge in [-0.2, -0.15) is 0 Å². The molecule has 0 amide bonds. The second-order valence-corrected chi connectivity index (χ2v) is 5.33. The van der Waals surface area contributed by atoms with E-state index in [9.17, 15) is 4.39 Å². The molecular formula is C17H17FN2O. The zero-order valence-electron chi connectivity index (χ0n) is 12.1. The first-order valence-corrected chi connectivity index (χ1v) is 7.01. The van der Waals surface area contributed by atoms with Crippen LogP contribution in [0.1, 0.15) is 31.2 Å². The topological polar surface area (TPSA) is 38.1 Å². The maximum absolute atomic E-state index is 13.6. The monoisotopic (exact) mass is 284 g/mol. The smallest absolute Gasteiger partial charge is 0.198 e. The largest absolute Gasteiger partial charge is 0.440 e. The SMILES string of the molecule is CC(C)c1nc2cc(NCc3ccccc3F)ccc2o1. The summed E-state index contributed by atoms with van der Waals surface area (Å²) in [5.74, 6) is 0.790. The zero-order chi connectivity index (χ0) is 14.8. The Morgan fingerprint density at radius 1 is 1.19 bits per heavy atom. The van der Waals surface area contributed by atoms with Gasteiger partial charge in [-0.3, -0.25) is 0 Å². The molecule has 0 fully saturated rings. The molecule has 0 bridgehead atoms. The van der Waals surface area contributed by atoms with Gasteiger partial charge >= 0.3 is 0 Å². The van der Waals surface area contributed by atoms with Crippen molar-refractivity contribution in [1.29, 1.82) is 0 Å². The Kier molecular flexibility index (Phi) is 3.60. The van der Waals surface area contributed by atoms with Gasteiger partial charge in [0.05, 0.1) is 0 Å². The second kappa shape index (κ2) is 5.56. The molecule has 4 heteroatoms. The predicted octanol–water partition coefficient (Wildman–Crippen LogP) is 4.70. The Labute approximate surface area is 122 Å². The second-order valence-electron chi connectivity index (χ2n) is 5.33. The van der Waals surface area contributed by atoms with E-state index < -0.39 is 0 Å². The summed E-state index contributed by atoms with van der Waals surface area (Å²) in [6.45, 7) is 4.52. The highest BCUT2D eigenvalue weighted by Crippen LogP contribution is 2.24. The number of hydrogen-bond donors (Lipinski definition) is 1. The van der Waals surface area contributed by atoms with Crippen LogP contribution in [0, 0.1) is 5.82 Å². The van der Waals surface area contributed by atoms with E-state index in [4.69, 9.17) is 4.42 Å². The molecule has 0 aliphatic carbocycles. The third-order valence-electron chi connectivity index (χ3n) is 3.34. The van der Waals surface area contributed by atoms with Crippen molar-refractivity contribution in [1.82, 2.24) is 4.98 Å². The normalized spacial score (nSPS) is 11.2. The molecule has 3 nitrogen and oxygen atoms in total. The fraction of sp³-hybridized carbons (Fsp3) is 0.235. The average Bonchev–Trinajstić information content (AvgIpc) is 2.90. The maximum atomic E-state index is 13.6. The van der Waals surface area contributed by atoms with Crippen LogP contribution in [-0.4, -0.2) is 4.98 Å². The summed E-state index contributed by atoms with van der Waals surface area (Å²) in [7, 11) is 0. The van der Waals surface area contributed by atoms with E-state index in [2.05, 4.69) is 10.3 Å². The van der Waals surface area contributed by atoms with E-state index in [0.717, 1.165) is 22.7 Å². The van der Waals surface area contributed by atoms with Crippen molar-refractivity contribution in [2.45, 2.75) is 26.3 Å². The minimum Gasteiger partial charge on any atom is -0.440 e. The van der Waals surface area contributed by atoms with Crippen molar-refractivity contribution < 1.29 is 8.81 Å². The van der Waals surface area contributed by atoms with E-state index in [-0.39, 0.29) is 11.7 Å². The standard InChI is InChI=1S/C17H17FN2O/c1-11(2)17-20-15-9-13(7-8-16(15)21-17)19-10-12-5-3-4-6-14(12)18/h3-9,11,19H,10H2,1-2H3. The molecule has 3 aromatic rings. The van der Waals surface area contributed by atoms with Crippen LogP contribution in [0.5, 0.6) is 0 Å². The summed E-state index contributed by atoms with van der Waals surface area (Å²) in [6, 6.07) is 12.5. The van der Waals surface area contributed by atoms with Crippen molar-refractivity contribution in [3.8, 4) is 0 Å². The third kappa shape index (κ3) is 2.89. The lowest BCUT2D eigenvalue weighted by molar-refractivity contribution is 0.501. The summed E-state index contributed by atoms with van der Waals surface area (Å²) in [6.07, 6.45) is 0. The van der Waals surface area contributed by atoms with Crippen LogP contribution in [-0.2, 0) is 6.54 Å². The lowest BCUT2D eigenvalue weighted by Crippen LogP contribution is -2.01. The first-order chi connectivity index (χ1) is 10.1. The molecule has 1 N–H and O–H groups in total. The summed E-state index contributed by atoms with van der Waals surface area (Å²) in [4.78, 5) is 4.46. The summed E-state index contributed by atoms with van der Waals surface area (Å²) < 4.78 is 19.2. The van der Waals surface area contributed by atoms with E-state index in [1.54, 1.807) is 12.1 Å². The summed E-state index contributed by atoms with van der Waals surface area (Å²) in [5, 5.41) is 3.21. The fourth-order valence-corrected chi connectivity index (χ4v) is 2.14. The first-order valence-electron chi connectivity index (χ1n) is 7.01. The molecule has 0 aliphatic heterocycles. The number of rotatable bonds is 4. The summed E-state index contributed by atoms with van der Waals surface area (Å²) >= 11 is 0. The quantitative estimate of drug-likeness (QED) is 0.754. The van der Waals surface area contributed by atoms with Crippen molar-refractivity contribution in [3.63, 3.8) is 0 Å². The van der Waals surface area contributed by atoms with Crippen molar-refractivity contribution in [3.05, 3.63) is 59.7 Å². The molecule has 0 spiro atoms. The molecule has 2 aromatic carbocycles. The molecule has 0 saturated heterocycles. The molecule has 1 aromatic heterocycles. The number of nitrogens with zero attached hydrogens (tertiary/aromatic N) is 1. The third-order valence-corrected chi connectivity index (χ3v) is 3.34. The summed E-state index contributed by atoms with van der Waals surface area (Å²) in [5.41, 5.74) is 3.13. The van der Waals surface area contributed by atoms with E-state index >= 15 is 0 Å². The van der Waals surface area contributed by atoms with Gasteiger partial charge < -0.3 is 9.73 Å². The van der Waals surface area contributed by atoms with Gasteiger partial charge in [0.15, 0.2) is 11.5 Å². The Balaban J connectivity index is 1.80. The molecule has 0 radical (unpaired) electrons. The lowest BCUT2D eigenvalue weighted by atomic mass is 10.2. The van der Waals surface area contributed by atoms with Crippen LogP contribution in [0.4, 0.5) is 10.1 Å². The fourth-order valence-electron chi connectivity index (χ4n) is 2.14. The van der Waals surface area contributed by atoms with Gasteiger partial charge in [0.2, 0.25) is 0 Å². The van der Waals surface area contributed by atoms with Crippen LogP contribution >= 0.6 is 0 Å². The molecule has 0 saturated carbocycles.